The van der Waals surface area contributed by atoms with Crippen molar-refractivity contribution in [1.29, 1.82) is 0 Å². The topological polar surface area (TPSA) is 0 Å². The molecule has 0 saturated carbocycles. The Morgan fingerprint density at radius 2 is 1.15 bits per heavy atom. The maximum atomic E-state index is 4.95. The monoisotopic (exact) mass is 592 g/mol. The maximum absolute atomic E-state index is 4.95. The summed E-state index contributed by atoms with van der Waals surface area (Å²) in [5, 5.41) is 5.70. The highest BCUT2D eigenvalue weighted by molar-refractivity contribution is 7.98. The Kier molecular flexibility index (Phi) is 5.21. The van der Waals surface area contributed by atoms with E-state index in [0.29, 0.717) is 0 Å². The highest BCUT2D eigenvalue weighted by Gasteiger charge is 2.45. The minimum Gasteiger partial charge on any atom is -0.175 e. The van der Waals surface area contributed by atoms with Crippen LogP contribution < -0.4 is 0 Å². The highest BCUT2D eigenvalue weighted by Crippen LogP contribution is 2.63. The van der Waals surface area contributed by atoms with Crippen molar-refractivity contribution in [3.63, 3.8) is 0 Å². The van der Waals surface area contributed by atoms with Gasteiger partial charge in [0.15, 0.2) is 0 Å². The molecule has 0 amide bonds. The third kappa shape index (κ3) is 3.01. The van der Waals surface area contributed by atoms with Crippen LogP contribution in [0.3, 0.4) is 0 Å². The molecule has 40 heavy (non-hydrogen) atoms. The lowest BCUT2D eigenvalue weighted by Crippen LogP contribution is -2.18. The molecule has 2 aliphatic carbocycles. The third-order valence-electron chi connectivity index (χ3n) is 9.53. The average Bonchev–Trinajstić information content (AvgIpc) is 3.60. The fourth-order valence-electron chi connectivity index (χ4n) is 7.89. The molecule has 0 saturated heterocycles. The first-order valence-corrected chi connectivity index (χ1v) is 17.5. The zero-order valence-electron chi connectivity index (χ0n) is 24.0. The van der Waals surface area contributed by atoms with Crippen LogP contribution in [0.25, 0.3) is 51.8 Å². The van der Waals surface area contributed by atoms with Crippen molar-refractivity contribution >= 4 is 78.0 Å². The minimum atomic E-state index is -0.0862. The van der Waals surface area contributed by atoms with Crippen LogP contribution in [0.4, 0.5) is 0 Å². The molecule has 0 aliphatic heterocycles. The first-order chi connectivity index (χ1) is 19.1. The van der Waals surface area contributed by atoms with Gasteiger partial charge >= 0.3 is 0 Å². The summed E-state index contributed by atoms with van der Waals surface area (Å²) < 4.78 is 2.81. The summed E-state index contributed by atoms with van der Waals surface area (Å²) in [6.45, 7) is 14.2. The molecule has 0 bridgehead atoms. The lowest BCUT2D eigenvalue weighted by atomic mass is 9.75. The average molecular weight is 593 g/mol. The zero-order valence-corrected chi connectivity index (χ0v) is 27.3. The molecule has 0 N–H and O–H groups in total. The molecule has 2 heterocycles. The van der Waals surface area contributed by atoms with Crippen LogP contribution in [0.2, 0.25) is 0 Å². The zero-order chi connectivity index (χ0) is 27.9. The molecule has 6 aromatic rings. The molecule has 0 atom stereocenters. The molecule has 0 fully saturated rings. The smallest absolute Gasteiger partial charge is 0.0410 e. The van der Waals surface area contributed by atoms with Crippen LogP contribution in [0.5, 0.6) is 0 Å². The van der Waals surface area contributed by atoms with Crippen molar-refractivity contribution in [3.8, 4) is 20.9 Å². The quantitative estimate of drug-likeness (QED) is 0.154. The van der Waals surface area contributed by atoms with Gasteiger partial charge in [0.1, 0.15) is 0 Å². The van der Waals surface area contributed by atoms with E-state index in [1.807, 2.05) is 34.4 Å². The fraction of sp³-hybridized carbons (Fsp3) is 0.278. The largest absolute Gasteiger partial charge is 0.175 e. The molecule has 0 spiro atoms. The lowest BCUT2D eigenvalue weighted by Gasteiger charge is -2.29. The van der Waals surface area contributed by atoms with Crippen LogP contribution in [0.1, 0.15) is 66.6 Å². The maximum Gasteiger partial charge on any atom is 0.0410 e. The van der Waals surface area contributed by atoms with E-state index in [1.165, 1.54) is 95.7 Å². The van der Waals surface area contributed by atoms with Crippen molar-refractivity contribution in [2.75, 3.05) is 6.26 Å². The van der Waals surface area contributed by atoms with Crippen molar-refractivity contribution in [3.05, 3.63) is 87.5 Å². The summed E-state index contributed by atoms with van der Waals surface area (Å²) in [6.07, 6.45) is 2.25. The van der Waals surface area contributed by atoms with Gasteiger partial charge in [-0.25, -0.2) is 0 Å². The molecule has 8 rings (SSSR count). The number of thioether (sulfide) groups is 1. The third-order valence-corrected chi connectivity index (χ3v) is 13.0. The summed E-state index contributed by atoms with van der Waals surface area (Å²) in [5.41, 5.74) is 12.8. The van der Waals surface area contributed by atoms with Crippen LogP contribution in [0, 0.1) is 13.8 Å². The second-order valence-electron chi connectivity index (χ2n) is 12.7. The van der Waals surface area contributed by atoms with Crippen molar-refractivity contribution in [2.45, 2.75) is 63.0 Å². The number of rotatable bonds is 2. The van der Waals surface area contributed by atoms with E-state index in [0.717, 1.165) is 5.75 Å². The molecular weight excluding hydrogens is 561 g/mol. The molecule has 0 nitrogen and oxygen atoms in total. The molecule has 0 radical (unpaired) electrons. The Morgan fingerprint density at radius 3 is 1.68 bits per heavy atom. The van der Waals surface area contributed by atoms with Crippen molar-refractivity contribution < 1.29 is 0 Å². The number of benzene rings is 4. The predicted molar refractivity (Wildman–Crippen MR) is 184 cm³/mol. The summed E-state index contributed by atoms with van der Waals surface area (Å²) in [6, 6.07) is 19.0. The van der Waals surface area contributed by atoms with Gasteiger partial charge in [-0.15, -0.1) is 34.4 Å². The normalized spacial score (nSPS) is 16.1. The van der Waals surface area contributed by atoms with Gasteiger partial charge < -0.3 is 0 Å². The van der Waals surface area contributed by atoms with Crippen LogP contribution in [-0.2, 0) is 16.6 Å². The van der Waals surface area contributed by atoms with Crippen LogP contribution >= 0.6 is 47.1 Å². The summed E-state index contributed by atoms with van der Waals surface area (Å²) in [5.74, 6) is 0.741. The first-order valence-electron chi connectivity index (χ1n) is 14.0. The van der Waals surface area contributed by atoms with E-state index in [-0.39, 0.29) is 10.8 Å². The predicted octanol–water partition coefficient (Wildman–Crippen LogP) is 11.7. The Hall–Kier alpha value is -2.24. The minimum absolute atomic E-state index is 0.0813. The summed E-state index contributed by atoms with van der Waals surface area (Å²) >= 11 is 10.8. The van der Waals surface area contributed by atoms with Gasteiger partial charge in [-0.2, -0.15) is 12.6 Å². The van der Waals surface area contributed by atoms with Crippen LogP contribution in [0.15, 0.2) is 53.4 Å². The summed E-state index contributed by atoms with van der Waals surface area (Å²) in [4.78, 5) is 4.34. The van der Waals surface area contributed by atoms with Gasteiger partial charge in [0.25, 0.3) is 0 Å². The van der Waals surface area contributed by atoms with E-state index in [4.69, 9.17) is 12.6 Å². The molecule has 4 heteroatoms. The Labute approximate surface area is 254 Å². The second-order valence-corrected chi connectivity index (χ2v) is 16.0. The number of hydrogen-bond acceptors (Lipinski definition) is 4. The van der Waals surface area contributed by atoms with Crippen molar-refractivity contribution in [2.24, 2.45) is 0 Å². The standard InChI is InChI=1S/C36H32S4/c1-17-8-10-20-24(12-17)39-33-27-19(16-37)14-22-23(29(27)35(3,4)31(20)33)15-26(38-7)28-30(22)36(5,6)32-21-11-9-18(2)13-25(21)40-34(28)32/h8-15,37H,16H2,1-7H3. The molecule has 2 aliphatic rings. The number of aryl methyl sites for hydroxylation is 2. The van der Waals surface area contributed by atoms with E-state index in [2.05, 4.69) is 96.3 Å². The van der Waals surface area contributed by atoms with Gasteiger partial charge in [-0.05, 0) is 105 Å². The van der Waals surface area contributed by atoms with Gasteiger partial charge in [-0.1, -0.05) is 52.0 Å². The lowest BCUT2D eigenvalue weighted by molar-refractivity contribution is 0.667. The van der Waals surface area contributed by atoms with Crippen molar-refractivity contribution in [1.82, 2.24) is 0 Å². The number of thiol groups is 1. The number of fused-ring (bicyclic) bond motifs is 13. The fourth-order valence-corrected chi connectivity index (χ4v) is 11.9. The van der Waals surface area contributed by atoms with Crippen LogP contribution in [-0.4, -0.2) is 6.26 Å². The SMILES string of the molecule is CSc1cc2c3c(c(CS)cc2c2c1-c1sc4cc(C)ccc4c1C2(C)C)-c1sc2cc(C)ccc2c1C3(C)C. The van der Waals surface area contributed by atoms with Gasteiger partial charge in [0.2, 0.25) is 0 Å². The van der Waals surface area contributed by atoms with E-state index >= 15 is 0 Å². The van der Waals surface area contributed by atoms with Gasteiger partial charge in [-0.3, -0.25) is 0 Å². The Balaban J connectivity index is 1.52. The molecular formula is C36H32S4. The Bertz CT molecular complexity index is 1950. The van der Waals surface area contributed by atoms with E-state index < -0.39 is 0 Å². The van der Waals surface area contributed by atoms with E-state index in [1.54, 1.807) is 0 Å². The second kappa shape index (κ2) is 8.19. The first kappa shape index (κ1) is 25.5. The van der Waals surface area contributed by atoms with Gasteiger partial charge in [0.05, 0.1) is 0 Å². The highest BCUT2D eigenvalue weighted by atomic mass is 32.2. The Morgan fingerprint density at radius 1 is 0.650 bits per heavy atom. The number of hydrogen-bond donors (Lipinski definition) is 1. The summed E-state index contributed by atoms with van der Waals surface area (Å²) in [7, 11) is 0. The molecule has 0 unspecified atom stereocenters. The molecule has 2 aromatic heterocycles. The number of thiophene rings is 2. The van der Waals surface area contributed by atoms with Gasteiger partial charge in [0, 0.05) is 51.8 Å². The molecule has 4 aromatic carbocycles. The molecule has 200 valence electrons. The van der Waals surface area contributed by atoms with E-state index in [9.17, 15) is 0 Å².